The first-order chi connectivity index (χ1) is 11.2. The Hall–Kier alpha value is -1.59. The van der Waals surface area contributed by atoms with Crippen LogP contribution in [0.2, 0.25) is 0 Å². The summed E-state index contributed by atoms with van der Waals surface area (Å²) in [5.41, 5.74) is 1.23. The lowest BCUT2D eigenvalue weighted by atomic mass is 10.1. The molecule has 0 aromatic heterocycles. The molecule has 0 spiro atoms. The van der Waals surface area contributed by atoms with Gasteiger partial charge in [0.05, 0.1) is 13.7 Å². The molecule has 2 atom stereocenters. The lowest BCUT2D eigenvalue weighted by Gasteiger charge is -2.15. The zero-order valence-electron chi connectivity index (χ0n) is 14.4. The molecule has 0 bridgehead atoms. The van der Waals surface area contributed by atoms with Crippen LogP contribution in [0.15, 0.2) is 24.3 Å². The van der Waals surface area contributed by atoms with Crippen LogP contribution in [0.1, 0.15) is 24.3 Å². The van der Waals surface area contributed by atoms with Gasteiger partial charge in [0.2, 0.25) is 5.91 Å². The Labute approximate surface area is 139 Å². The maximum atomic E-state index is 12.2. The molecule has 1 aliphatic rings. The Bertz CT molecular complexity index is 490. The summed E-state index contributed by atoms with van der Waals surface area (Å²) >= 11 is 0. The fourth-order valence-corrected chi connectivity index (χ4v) is 2.75. The smallest absolute Gasteiger partial charge is 0.223 e. The lowest BCUT2D eigenvalue weighted by molar-refractivity contribution is -0.122. The third kappa shape index (κ3) is 5.52. The van der Waals surface area contributed by atoms with Crippen molar-refractivity contribution in [3.63, 3.8) is 0 Å². The molecular weight excluding hydrogens is 292 g/mol. The van der Waals surface area contributed by atoms with E-state index in [1.165, 1.54) is 5.56 Å². The topological polar surface area (TPSA) is 50.8 Å². The summed E-state index contributed by atoms with van der Waals surface area (Å²) in [6.45, 7) is 3.37. The summed E-state index contributed by atoms with van der Waals surface area (Å²) in [4.78, 5) is 14.4. The van der Waals surface area contributed by atoms with E-state index >= 15 is 0 Å². The summed E-state index contributed by atoms with van der Waals surface area (Å²) in [5.74, 6) is 1.54. The van der Waals surface area contributed by atoms with Gasteiger partial charge in [0.1, 0.15) is 5.75 Å². The molecule has 5 nitrogen and oxygen atoms in total. The van der Waals surface area contributed by atoms with E-state index < -0.39 is 0 Å². The predicted molar refractivity (Wildman–Crippen MR) is 90.8 cm³/mol. The molecular formula is C18H28N2O3. The molecule has 1 amide bonds. The Morgan fingerprint density at radius 2 is 2.00 bits per heavy atom. The highest BCUT2D eigenvalue weighted by Crippen LogP contribution is 2.47. The largest absolute Gasteiger partial charge is 0.497 e. The van der Waals surface area contributed by atoms with Gasteiger partial charge in [-0.2, -0.15) is 0 Å². The molecule has 1 fully saturated rings. The quantitative estimate of drug-likeness (QED) is 0.669. The average Bonchev–Trinajstić information content (AvgIpc) is 3.37. The highest BCUT2D eigenvalue weighted by Gasteiger charge is 2.43. The van der Waals surface area contributed by atoms with E-state index in [0.717, 1.165) is 44.8 Å². The lowest BCUT2D eigenvalue weighted by Crippen LogP contribution is -2.30. The van der Waals surface area contributed by atoms with E-state index in [2.05, 4.69) is 29.4 Å². The van der Waals surface area contributed by atoms with Gasteiger partial charge in [-0.05, 0) is 50.0 Å². The standard InChI is InChI=1S/C18H28N2O3/c1-20(11-12-22-2)10-4-9-19-18(21)17-13-16(17)14-5-7-15(23-3)8-6-14/h5-8,16-17H,4,9-13H2,1-3H3,(H,19,21)/t16-,17-/m1/s1. The molecule has 128 valence electrons. The Morgan fingerprint density at radius 1 is 1.26 bits per heavy atom. The molecule has 2 rings (SSSR count). The van der Waals surface area contributed by atoms with Crippen molar-refractivity contribution in [1.82, 2.24) is 10.2 Å². The average molecular weight is 320 g/mol. The predicted octanol–water partition coefficient (Wildman–Crippen LogP) is 1.88. The van der Waals surface area contributed by atoms with Crippen LogP contribution in [-0.2, 0) is 9.53 Å². The van der Waals surface area contributed by atoms with Crippen molar-refractivity contribution in [1.29, 1.82) is 0 Å². The van der Waals surface area contributed by atoms with Crippen molar-refractivity contribution < 1.29 is 14.3 Å². The van der Waals surface area contributed by atoms with Crippen LogP contribution in [0.3, 0.4) is 0 Å². The van der Waals surface area contributed by atoms with Crippen molar-refractivity contribution in [3.05, 3.63) is 29.8 Å². The number of hydrogen-bond donors (Lipinski definition) is 1. The first-order valence-corrected chi connectivity index (χ1v) is 8.25. The number of carbonyl (C=O) groups excluding carboxylic acids is 1. The second kappa shape index (κ2) is 8.89. The highest BCUT2D eigenvalue weighted by molar-refractivity contribution is 5.82. The first kappa shape index (κ1) is 17.8. The number of amides is 1. The van der Waals surface area contributed by atoms with E-state index in [-0.39, 0.29) is 11.8 Å². The third-order valence-corrected chi connectivity index (χ3v) is 4.36. The van der Waals surface area contributed by atoms with Crippen LogP contribution in [0.4, 0.5) is 0 Å². The van der Waals surface area contributed by atoms with Crippen molar-refractivity contribution in [3.8, 4) is 5.75 Å². The van der Waals surface area contributed by atoms with E-state index in [1.807, 2.05) is 12.1 Å². The minimum absolute atomic E-state index is 0.134. The molecule has 1 aromatic rings. The van der Waals surface area contributed by atoms with Crippen LogP contribution in [0.25, 0.3) is 0 Å². The maximum Gasteiger partial charge on any atom is 0.223 e. The summed E-state index contributed by atoms with van der Waals surface area (Å²) in [7, 11) is 5.44. The molecule has 23 heavy (non-hydrogen) atoms. The second-order valence-electron chi connectivity index (χ2n) is 6.16. The molecule has 0 unspecified atom stereocenters. The zero-order chi connectivity index (χ0) is 16.7. The van der Waals surface area contributed by atoms with Gasteiger partial charge in [0.25, 0.3) is 0 Å². The van der Waals surface area contributed by atoms with Gasteiger partial charge in [0, 0.05) is 26.1 Å². The minimum atomic E-state index is 0.134. The van der Waals surface area contributed by atoms with Crippen LogP contribution < -0.4 is 10.1 Å². The van der Waals surface area contributed by atoms with Crippen molar-refractivity contribution in [2.75, 3.05) is 47.5 Å². The van der Waals surface area contributed by atoms with Crippen LogP contribution >= 0.6 is 0 Å². The number of rotatable bonds is 10. The van der Waals surface area contributed by atoms with Crippen molar-refractivity contribution >= 4 is 5.91 Å². The number of nitrogens with one attached hydrogen (secondary N) is 1. The molecule has 0 heterocycles. The Balaban J connectivity index is 1.63. The SMILES string of the molecule is COCCN(C)CCCNC(=O)[C@@H]1C[C@@H]1c1ccc(OC)cc1. The van der Waals surface area contributed by atoms with E-state index in [9.17, 15) is 4.79 Å². The molecule has 0 aliphatic heterocycles. The van der Waals surface area contributed by atoms with Crippen molar-refractivity contribution in [2.45, 2.75) is 18.8 Å². The third-order valence-electron chi connectivity index (χ3n) is 4.36. The Morgan fingerprint density at radius 3 is 2.65 bits per heavy atom. The number of carbonyl (C=O) groups is 1. The molecule has 0 radical (unpaired) electrons. The number of nitrogens with zero attached hydrogens (tertiary/aromatic N) is 1. The highest BCUT2D eigenvalue weighted by atomic mass is 16.5. The number of methoxy groups -OCH3 is 2. The summed E-state index contributed by atoms with van der Waals surface area (Å²) in [6.07, 6.45) is 1.91. The van der Waals surface area contributed by atoms with Gasteiger partial charge in [-0.1, -0.05) is 12.1 Å². The molecule has 1 N–H and O–H groups in total. The summed E-state index contributed by atoms with van der Waals surface area (Å²) in [5, 5.41) is 3.06. The van der Waals surface area contributed by atoms with Crippen LogP contribution in [-0.4, -0.2) is 58.3 Å². The van der Waals surface area contributed by atoms with Crippen LogP contribution in [0.5, 0.6) is 5.75 Å². The maximum absolute atomic E-state index is 12.2. The van der Waals surface area contributed by atoms with E-state index in [4.69, 9.17) is 9.47 Å². The minimum Gasteiger partial charge on any atom is -0.497 e. The molecule has 1 aromatic carbocycles. The zero-order valence-corrected chi connectivity index (χ0v) is 14.4. The van der Waals surface area contributed by atoms with E-state index in [0.29, 0.717) is 5.92 Å². The molecule has 0 saturated heterocycles. The van der Waals surface area contributed by atoms with Crippen molar-refractivity contribution in [2.24, 2.45) is 5.92 Å². The summed E-state index contributed by atoms with van der Waals surface area (Å²) < 4.78 is 10.2. The number of likely N-dealkylation sites (N-methyl/N-ethyl adjacent to an activating group) is 1. The van der Waals surface area contributed by atoms with E-state index in [1.54, 1.807) is 14.2 Å². The number of benzene rings is 1. The first-order valence-electron chi connectivity index (χ1n) is 8.25. The van der Waals surface area contributed by atoms with Gasteiger partial charge in [-0.25, -0.2) is 0 Å². The fourth-order valence-electron chi connectivity index (χ4n) is 2.75. The Kier molecular flexibility index (Phi) is 6.86. The molecule has 1 aliphatic carbocycles. The normalized spacial score (nSPS) is 19.7. The fraction of sp³-hybridized carbons (Fsp3) is 0.611. The van der Waals surface area contributed by atoms with Gasteiger partial charge in [0.15, 0.2) is 0 Å². The van der Waals surface area contributed by atoms with Gasteiger partial charge in [-0.3, -0.25) is 4.79 Å². The van der Waals surface area contributed by atoms with Gasteiger partial charge in [-0.15, -0.1) is 0 Å². The number of hydrogen-bond acceptors (Lipinski definition) is 4. The summed E-state index contributed by atoms with van der Waals surface area (Å²) in [6, 6.07) is 8.03. The number of ether oxygens (including phenoxy) is 2. The monoisotopic (exact) mass is 320 g/mol. The molecule has 5 heteroatoms. The molecule has 1 saturated carbocycles. The van der Waals surface area contributed by atoms with Crippen LogP contribution in [0, 0.1) is 5.92 Å². The van der Waals surface area contributed by atoms with Gasteiger partial charge >= 0.3 is 0 Å². The second-order valence-corrected chi connectivity index (χ2v) is 6.16. The van der Waals surface area contributed by atoms with Gasteiger partial charge < -0.3 is 19.7 Å².